The molecule has 2 nitrogen and oxygen atoms in total. The van der Waals surface area contributed by atoms with E-state index in [2.05, 4.69) is 6.92 Å². The second kappa shape index (κ2) is 2.38. The van der Waals surface area contributed by atoms with Gasteiger partial charge in [0.25, 0.3) is 0 Å². The maximum Gasteiger partial charge on any atom is 0.225 e. The summed E-state index contributed by atoms with van der Waals surface area (Å²) in [6.45, 7) is 3.03. The molecule has 9 heavy (non-hydrogen) atoms. The third kappa shape index (κ3) is 1.07. The molecule has 1 saturated heterocycles. The van der Waals surface area contributed by atoms with Gasteiger partial charge in [-0.3, -0.25) is 4.79 Å². The molecule has 0 spiro atoms. The van der Waals surface area contributed by atoms with E-state index in [0.29, 0.717) is 11.8 Å². The summed E-state index contributed by atoms with van der Waals surface area (Å²) in [6, 6.07) is 0. The normalized spacial score (nSPS) is 27.6. The van der Waals surface area contributed by atoms with Crippen LogP contribution >= 0.6 is 0 Å². The van der Waals surface area contributed by atoms with E-state index in [9.17, 15) is 4.79 Å². The third-order valence-corrected chi connectivity index (χ3v) is 2.03. The molecule has 1 rings (SSSR count). The third-order valence-electron chi connectivity index (χ3n) is 2.03. The van der Waals surface area contributed by atoms with Crippen LogP contribution in [0.5, 0.6) is 0 Å². The first-order valence-electron chi connectivity index (χ1n) is 3.50. The van der Waals surface area contributed by atoms with E-state index in [4.69, 9.17) is 0 Å². The highest BCUT2D eigenvalue weighted by Gasteiger charge is 2.26. The van der Waals surface area contributed by atoms with Crippen LogP contribution in [0.1, 0.15) is 19.8 Å². The standard InChI is InChI=1S/C7H13NO/c1-3-6-4-5-8(2)7(6)9/h6H,3-5H2,1-2H3. The zero-order valence-corrected chi connectivity index (χ0v) is 6.05. The molecule has 1 fully saturated rings. The van der Waals surface area contributed by atoms with E-state index in [-0.39, 0.29) is 0 Å². The van der Waals surface area contributed by atoms with Gasteiger partial charge in [0.15, 0.2) is 0 Å². The minimum absolute atomic E-state index is 0.329. The number of nitrogens with zero attached hydrogens (tertiary/aromatic N) is 1. The molecule has 2 heteroatoms. The molecule has 0 aliphatic carbocycles. The molecule has 1 atom stereocenters. The van der Waals surface area contributed by atoms with Crippen molar-refractivity contribution in [3.8, 4) is 0 Å². The second-order valence-electron chi connectivity index (χ2n) is 2.65. The maximum atomic E-state index is 11.1. The average Bonchev–Trinajstić information content (AvgIpc) is 2.15. The summed E-state index contributed by atoms with van der Waals surface area (Å²) in [6.07, 6.45) is 2.06. The number of amides is 1. The molecule has 0 aromatic carbocycles. The molecule has 1 aliphatic heterocycles. The first-order chi connectivity index (χ1) is 4.25. The predicted molar refractivity (Wildman–Crippen MR) is 36.0 cm³/mol. The highest BCUT2D eigenvalue weighted by Crippen LogP contribution is 2.18. The van der Waals surface area contributed by atoms with Crippen LogP contribution < -0.4 is 0 Å². The van der Waals surface area contributed by atoms with Crippen LogP contribution in [0.25, 0.3) is 0 Å². The lowest BCUT2D eigenvalue weighted by molar-refractivity contribution is -0.129. The van der Waals surface area contributed by atoms with Crippen LogP contribution in [0.2, 0.25) is 0 Å². The Labute approximate surface area is 55.8 Å². The Balaban J connectivity index is 2.51. The fourth-order valence-electron chi connectivity index (χ4n) is 1.27. The van der Waals surface area contributed by atoms with E-state index in [0.717, 1.165) is 19.4 Å². The Morgan fingerprint density at radius 1 is 1.78 bits per heavy atom. The van der Waals surface area contributed by atoms with Gasteiger partial charge in [0, 0.05) is 19.5 Å². The number of carbonyl (C=O) groups is 1. The average molecular weight is 127 g/mol. The van der Waals surface area contributed by atoms with E-state index in [1.165, 1.54) is 0 Å². The Bertz CT molecular complexity index is 122. The first kappa shape index (κ1) is 6.59. The van der Waals surface area contributed by atoms with Crippen molar-refractivity contribution in [1.29, 1.82) is 0 Å². The van der Waals surface area contributed by atoms with Crippen LogP contribution in [0, 0.1) is 5.92 Å². The summed E-state index contributed by atoms with van der Waals surface area (Å²) in [5.74, 6) is 0.660. The van der Waals surface area contributed by atoms with Crippen molar-refractivity contribution in [2.45, 2.75) is 19.8 Å². The van der Waals surface area contributed by atoms with Gasteiger partial charge >= 0.3 is 0 Å². The Morgan fingerprint density at radius 3 is 2.67 bits per heavy atom. The Kier molecular flexibility index (Phi) is 1.74. The summed E-state index contributed by atoms with van der Waals surface area (Å²) in [4.78, 5) is 12.9. The summed E-state index contributed by atoms with van der Waals surface area (Å²) >= 11 is 0. The van der Waals surface area contributed by atoms with Crippen LogP contribution in [-0.4, -0.2) is 24.4 Å². The Hall–Kier alpha value is -0.530. The zero-order chi connectivity index (χ0) is 6.85. The van der Waals surface area contributed by atoms with Crippen molar-refractivity contribution in [2.75, 3.05) is 13.6 Å². The number of carbonyl (C=O) groups excluding carboxylic acids is 1. The zero-order valence-electron chi connectivity index (χ0n) is 6.05. The molecular weight excluding hydrogens is 114 g/mol. The number of hydrogen-bond acceptors (Lipinski definition) is 1. The smallest absolute Gasteiger partial charge is 0.225 e. The summed E-state index contributed by atoms with van der Waals surface area (Å²) in [7, 11) is 1.87. The SMILES string of the molecule is CCC1CCN(C)C1=O. The molecule has 1 aliphatic rings. The first-order valence-corrected chi connectivity index (χ1v) is 3.50. The van der Waals surface area contributed by atoms with Gasteiger partial charge in [-0.25, -0.2) is 0 Å². The van der Waals surface area contributed by atoms with Crippen LogP contribution in [0.15, 0.2) is 0 Å². The minimum atomic E-state index is 0.329. The number of likely N-dealkylation sites (tertiary alicyclic amines) is 1. The van der Waals surface area contributed by atoms with E-state index >= 15 is 0 Å². The predicted octanol–water partition coefficient (Wildman–Crippen LogP) is 0.875. The molecule has 0 radical (unpaired) electrons. The van der Waals surface area contributed by atoms with Gasteiger partial charge in [0.05, 0.1) is 0 Å². The highest BCUT2D eigenvalue weighted by atomic mass is 16.2. The van der Waals surface area contributed by atoms with Crippen molar-refractivity contribution in [1.82, 2.24) is 4.90 Å². The van der Waals surface area contributed by atoms with Crippen molar-refractivity contribution in [3.05, 3.63) is 0 Å². The van der Waals surface area contributed by atoms with Crippen LogP contribution in [0.3, 0.4) is 0 Å². The van der Waals surface area contributed by atoms with E-state index in [1.807, 2.05) is 11.9 Å². The van der Waals surface area contributed by atoms with E-state index < -0.39 is 0 Å². The van der Waals surface area contributed by atoms with Crippen LogP contribution in [0.4, 0.5) is 0 Å². The van der Waals surface area contributed by atoms with Crippen molar-refractivity contribution < 1.29 is 4.79 Å². The fourth-order valence-corrected chi connectivity index (χ4v) is 1.27. The molecule has 1 unspecified atom stereocenters. The quantitative estimate of drug-likeness (QED) is 0.512. The largest absolute Gasteiger partial charge is 0.345 e. The minimum Gasteiger partial charge on any atom is -0.345 e. The van der Waals surface area contributed by atoms with Gasteiger partial charge in [0.1, 0.15) is 0 Å². The molecule has 0 aromatic rings. The van der Waals surface area contributed by atoms with E-state index in [1.54, 1.807) is 0 Å². The number of hydrogen-bond donors (Lipinski definition) is 0. The summed E-state index contributed by atoms with van der Waals surface area (Å²) in [5, 5.41) is 0. The van der Waals surface area contributed by atoms with Gasteiger partial charge in [-0.15, -0.1) is 0 Å². The topological polar surface area (TPSA) is 20.3 Å². The molecule has 0 N–H and O–H groups in total. The van der Waals surface area contributed by atoms with Gasteiger partial charge in [-0.1, -0.05) is 6.92 Å². The Morgan fingerprint density at radius 2 is 2.44 bits per heavy atom. The van der Waals surface area contributed by atoms with Crippen molar-refractivity contribution >= 4 is 5.91 Å². The lowest BCUT2D eigenvalue weighted by Crippen LogP contribution is -2.22. The van der Waals surface area contributed by atoms with Crippen molar-refractivity contribution in [3.63, 3.8) is 0 Å². The molecule has 1 amide bonds. The molecule has 0 saturated carbocycles. The lowest BCUT2D eigenvalue weighted by Gasteiger charge is -2.07. The van der Waals surface area contributed by atoms with Crippen molar-refractivity contribution in [2.24, 2.45) is 5.92 Å². The second-order valence-corrected chi connectivity index (χ2v) is 2.65. The molecule has 0 aromatic heterocycles. The van der Waals surface area contributed by atoms with Gasteiger partial charge < -0.3 is 4.90 Å². The fraction of sp³-hybridized carbons (Fsp3) is 0.857. The number of rotatable bonds is 1. The molecule has 0 bridgehead atoms. The lowest BCUT2D eigenvalue weighted by atomic mass is 10.1. The maximum absolute atomic E-state index is 11.1. The van der Waals surface area contributed by atoms with Gasteiger partial charge in [-0.2, -0.15) is 0 Å². The monoisotopic (exact) mass is 127 g/mol. The molecule has 52 valence electrons. The molecular formula is C7H13NO. The van der Waals surface area contributed by atoms with Gasteiger partial charge in [-0.05, 0) is 12.8 Å². The van der Waals surface area contributed by atoms with Crippen LogP contribution in [-0.2, 0) is 4.79 Å². The molecule has 1 heterocycles. The highest BCUT2D eigenvalue weighted by molar-refractivity contribution is 5.80. The van der Waals surface area contributed by atoms with Gasteiger partial charge in [0.2, 0.25) is 5.91 Å². The summed E-state index contributed by atoms with van der Waals surface area (Å²) < 4.78 is 0. The summed E-state index contributed by atoms with van der Waals surface area (Å²) in [5.41, 5.74) is 0.